The summed E-state index contributed by atoms with van der Waals surface area (Å²) in [7, 11) is 0. The van der Waals surface area contributed by atoms with Crippen LogP contribution in [0.25, 0.3) is 10.8 Å². The first-order valence-corrected chi connectivity index (χ1v) is 8.54. The van der Waals surface area contributed by atoms with Crippen LogP contribution in [-0.2, 0) is 4.74 Å². The van der Waals surface area contributed by atoms with E-state index in [9.17, 15) is 4.79 Å². The number of rotatable bonds is 2. The Kier molecular flexibility index (Phi) is 4.65. The number of hydrogen-bond donors (Lipinski definition) is 0. The minimum atomic E-state index is -0.449. The third-order valence-electron chi connectivity index (χ3n) is 4.12. The van der Waals surface area contributed by atoms with Crippen molar-refractivity contribution in [1.82, 2.24) is 4.90 Å². The van der Waals surface area contributed by atoms with Gasteiger partial charge < -0.3 is 14.4 Å². The van der Waals surface area contributed by atoms with Crippen LogP contribution in [0.4, 0.5) is 4.79 Å². The number of nitrogens with zero attached hydrogens (tertiary/aromatic N) is 1. The molecule has 128 valence electrons. The molecule has 1 heterocycles. The monoisotopic (exact) mass is 327 g/mol. The molecule has 0 spiro atoms. The summed E-state index contributed by atoms with van der Waals surface area (Å²) in [6, 6.07) is 14.4. The fourth-order valence-corrected chi connectivity index (χ4v) is 2.92. The topological polar surface area (TPSA) is 38.8 Å². The number of benzene rings is 2. The Morgan fingerprint density at radius 1 is 1.04 bits per heavy atom. The summed E-state index contributed by atoms with van der Waals surface area (Å²) < 4.78 is 11.5. The number of hydrogen-bond acceptors (Lipinski definition) is 3. The summed E-state index contributed by atoms with van der Waals surface area (Å²) in [4.78, 5) is 13.9. The largest absolute Gasteiger partial charge is 0.490 e. The average molecular weight is 327 g/mol. The van der Waals surface area contributed by atoms with Gasteiger partial charge in [-0.2, -0.15) is 0 Å². The summed E-state index contributed by atoms with van der Waals surface area (Å²) in [5, 5.41) is 2.39. The second-order valence-corrected chi connectivity index (χ2v) is 7.29. The number of amides is 1. The molecule has 1 aliphatic rings. The third kappa shape index (κ3) is 4.19. The lowest BCUT2D eigenvalue weighted by atomic mass is 10.1. The second kappa shape index (κ2) is 6.71. The molecule has 2 aromatic rings. The van der Waals surface area contributed by atoms with E-state index in [1.807, 2.05) is 39.0 Å². The van der Waals surface area contributed by atoms with Gasteiger partial charge in [0.05, 0.1) is 0 Å². The normalized spacial score (nSPS) is 16.2. The van der Waals surface area contributed by atoms with E-state index >= 15 is 0 Å². The predicted molar refractivity (Wildman–Crippen MR) is 95.4 cm³/mol. The molecule has 1 fully saturated rings. The van der Waals surface area contributed by atoms with Gasteiger partial charge in [-0.05, 0) is 43.7 Å². The molecule has 0 bridgehead atoms. The van der Waals surface area contributed by atoms with Crippen molar-refractivity contribution in [1.29, 1.82) is 0 Å². The molecule has 1 aliphatic heterocycles. The average Bonchev–Trinajstić information content (AvgIpc) is 2.54. The Hall–Kier alpha value is -2.23. The van der Waals surface area contributed by atoms with Crippen molar-refractivity contribution >= 4 is 16.9 Å². The van der Waals surface area contributed by atoms with Crippen LogP contribution >= 0.6 is 0 Å². The number of carbonyl (C=O) groups excluding carboxylic acids is 1. The van der Waals surface area contributed by atoms with Crippen molar-refractivity contribution in [2.75, 3.05) is 13.1 Å². The predicted octanol–water partition coefficient (Wildman–Crippen LogP) is 4.62. The van der Waals surface area contributed by atoms with Crippen LogP contribution in [-0.4, -0.2) is 35.8 Å². The van der Waals surface area contributed by atoms with Crippen molar-refractivity contribution in [2.45, 2.75) is 45.3 Å². The lowest BCUT2D eigenvalue weighted by Gasteiger charge is -2.33. The van der Waals surface area contributed by atoms with Gasteiger partial charge >= 0.3 is 6.09 Å². The molecule has 3 rings (SSSR count). The molecule has 1 saturated heterocycles. The van der Waals surface area contributed by atoms with E-state index in [0.717, 1.165) is 18.6 Å². The van der Waals surface area contributed by atoms with E-state index in [0.29, 0.717) is 13.1 Å². The highest BCUT2D eigenvalue weighted by Gasteiger charge is 2.27. The molecule has 0 radical (unpaired) electrons. The molecular formula is C20H25NO3. The van der Waals surface area contributed by atoms with Crippen molar-refractivity contribution in [3.8, 4) is 5.75 Å². The first-order chi connectivity index (χ1) is 11.4. The number of likely N-dealkylation sites (tertiary alicyclic amines) is 1. The van der Waals surface area contributed by atoms with Crippen LogP contribution in [0.15, 0.2) is 42.5 Å². The summed E-state index contributed by atoms with van der Waals surface area (Å²) in [5.41, 5.74) is -0.449. The maximum Gasteiger partial charge on any atom is 0.410 e. The fraction of sp³-hybridized carbons (Fsp3) is 0.450. The molecule has 0 aromatic heterocycles. The molecule has 2 aromatic carbocycles. The SMILES string of the molecule is CC(C)(C)OC(=O)N1CCC(Oc2ccc3ccccc3c2)CC1. The van der Waals surface area contributed by atoms with E-state index in [4.69, 9.17) is 9.47 Å². The van der Waals surface area contributed by atoms with Gasteiger partial charge in [-0.3, -0.25) is 0 Å². The van der Waals surface area contributed by atoms with Gasteiger partial charge in [-0.15, -0.1) is 0 Å². The summed E-state index contributed by atoms with van der Waals surface area (Å²) in [6.45, 7) is 7.02. The Labute approximate surface area is 143 Å². The molecule has 0 unspecified atom stereocenters. The standard InChI is InChI=1S/C20H25NO3/c1-20(2,3)24-19(22)21-12-10-17(11-13-21)23-18-9-8-15-6-4-5-7-16(15)14-18/h4-9,14,17H,10-13H2,1-3H3. The zero-order chi connectivity index (χ0) is 17.2. The van der Waals surface area contributed by atoms with Crippen LogP contribution in [0.2, 0.25) is 0 Å². The quantitative estimate of drug-likeness (QED) is 0.808. The van der Waals surface area contributed by atoms with Crippen molar-refractivity contribution < 1.29 is 14.3 Å². The fourth-order valence-electron chi connectivity index (χ4n) is 2.92. The van der Waals surface area contributed by atoms with E-state index in [1.54, 1.807) is 4.90 Å². The summed E-state index contributed by atoms with van der Waals surface area (Å²) in [5.74, 6) is 0.893. The van der Waals surface area contributed by atoms with E-state index in [1.165, 1.54) is 10.8 Å². The van der Waals surface area contributed by atoms with Crippen LogP contribution in [0, 0.1) is 0 Å². The van der Waals surface area contributed by atoms with Crippen LogP contribution in [0.5, 0.6) is 5.75 Å². The first-order valence-electron chi connectivity index (χ1n) is 8.54. The molecule has 1 amide bonds. The van der Waals surface area contributed by atoms with Crippen LogP contribution < -0.4 is 4.74 Å². The van der Waals surface area contributed by atoms with E-state index < -0.39 is 5.60 Å². The molecule has 4 heteroatoms. The van der Waals surface area contributed by atoms with Gasteiger partial charge in [-0.1, -0.05) is 30.3 Å². The van der Waals surface area contributed by atoms with Crippen molar-refractivity contribution in [3.63, 3.8) is 0 Å². The summed E-state index contributed by atoms with van der Waals surface area (Å²) >= 11 is 0. The lowest BCUT2D eigenvalue weighted by Crippen LogP contribution is -2.44. The summed E-state index contributed by atoms with van der Waals surface area (Å²) in [6.07, 6.45) is 1.56. The first kappa shape index (κ1) is 16.6. The molecule has 0 aliphatic carbocycles. The number of fused-ring (bicyclic) bond motifs is 1. The van der Waals surface area contributed by atoms with Gasteiger partial charge in [0.25, 0.3) is 0 Å². The third-order valence-corrected chi connectivity index (χ3v) is 4.12. The van der Waals surface area contributed by atoms with Gasteiger partial charge in [-0.25, -0.2) is 4.79 Å². The Bertz CT molecular complexity index is 712. The van der Waals surface area contributed by atoms with Gasteiger partial charge in [0.15, 0.2) is 0 Å². The molecule has 4 nitrogen and oxygen atoms in total. The Morgan fingerprint density at radius 2 is 1.71 bits per heavy atom. The molecule has 24 heavy (non-hydrogen) atoms. The van der Waals surface area contributed by atoms with Crippen molar-refractivity contribution in [3.05, 3.63) is 42.5 Å². The smallest absolute Gasteiger partial charge is 0.410 e. The van der Waals surface area contributed by atoms with E-state index in [-0.39, 0.29) is 12.2 Å². The lowest BCUT2D eigenvalue weighted by molar-refractivity contribution is 0.0127. The van der Waals surface area contributed by atoms with Crippen LogP contribution in [0.3, 0.4) is 0 Å². The molecule has 0 saturated carbocycles. The zero-order valence-corrected chi connectivity index (χ0v) is 14.6. The highest BCUT2D eigenvalue weighted by molar-refractivity contribution is 5.83. The number of ether oxygens (including phenoxy) is 2. The Balaban J connectivity index is 1.55. The minimum Gasteiger partial charge on any atom is -0.490 e. The maximum atomic E-state index is 12.1. The van der Waals surface area contributed by atoms with E-state index in [2.05, 4.69) is 24.3 Å². The zero-order valence-electron chi connectivity index (χ0n) is 14.6. The Morgan fingerprint density at radius 3 is 2.38 bits per heavy atom. The van der Waals surface area contributed by atoms with Gasteiger partial charge in [0.2, 0.25) is 0 Å². The highest BCUT2D eigenvalue weighted by atomic mass is 16.6. The molecule has 0 atom stereocenters. The van der Waals surface area contributed by atoms with Crippen molar-refractivity contribution in [2.24, 2.45) is 0 Å². The minimum absolute atomic E-state index is 0.143. The molecule has 0 N–H and O–H groups in total. The maximum absolute atomic E-state index is 12.1. The molecular weight excluding hydrogens is 302 g/mol. The van der Waals surface area contributed by atoms with Gasteiger partial charge in [0.1, 0.15) is 17.5 Å². The highest BCUT2D eigenvalue weighted by Crippen LogP contribution is 2.24. The number of piperidine rings is 1. The number of carbonyl (C=O) groups is 1. The van der Waals surface area contributed by atoms with Crippen LogP contribution in [0.1, 0.15) is 33.6 Å². The second-order valence-electron chi connectivity index (χ2n) is 7.29. The van der Waals surface area contributed by atoms with Gasteiger partial charge in [0, 0.05) is 25.9 Å².